The van der Waals surface area contributed by atoms with Crippen LogP contribution in [0.15, 0.2) is 0 Å². The highest BCUT2D eigenvalue weighted by Crippen LogP contribution is 2.46. The van der Waals surface area contributed by atoms with Crippen molar-refractivity contribution >= 4 is 0 Å². The molecule has 0 radical (unpaired) electrons. The summed E-state index contributed by atoms with van der Waals surface area (Å²) in [6.07, 6.45) is 9.16. The summed E-state index contributed by atoms with van der Waals surface area (Å²) in [5.74, 6) is 0.752. The molecule has 4 heteroatoms. The second kappa shape index (κ2) is 5.98. The minimum absolute atomic E-state index is 0.0993. The summed E-state index contributed by atoms with van der Waals surface area (Å²) in [6.45, 7) is 7.46. The van der Waals surface area contributed by atoms with E-state index in [1.807, 2.05) is 0 Å². The lowest BCUT2D eigenvalue weighted by molar-refractivity contribution is -0.379. The predicted octanol–water partition coefficient (Wildman–Crippen LogP) is 3.88. The monoisotopic (exact) mass is 324 g/mol. The fourth-order valence-corrected chi connectivity index (χ4v) is 4.91. The molecule has 2 saturated heterocycles. The molecular formula is C19H32O4. The van der Waals surface area contributed by atoms with Crippen molar-refractivity contribution in [2.24, 2.45) is 17.3 Å². The quantitative estimate of drug-likeness (QED) is 0.677. The van der Waals surface area contributed by atoms with Gasteiger partial charge in [0.15, 0.2) is 11.6 Å². The summed E-state index contributed by atoms with van der Waals surface area (Å²) < 4.78 is 25.1. The van der Waals surface area contributed by atoms with Gasteiger partial charge in [0.1, 0.15) is 0 Å². The molecule has 0 aromatic rings. The zero-order valence-corrected chi connectivity index (χ0v) is 14.8. The normalized spacial score (nSPS) is 51.4. The Labute approximate surface area is 140 Å². The van der Waals surface area contributed by atoms with Gasteiger partial charge in [-0.3, -0.25) is 0 Å². The lowest BCUT2D eigenvalue weighted by Gasteiger charge is -2.53. The van der Waals surface area contributed by atoms with Crippen molar-refractivity contribution in [1.82, 2.24) is 0 Å². The molecule has 2 atom stereocenters. The third kappa shape index (κ3) is 3.20. The molecule has 0 N–H and O–H groups in total. The first kappa shape index (κ1) is 16.3. The van der Waals surface area contributed by atoms with E-state index in [9.17, 15) is 0 Å². The first-order valence-corrected chi connectivity index (χ1v) is 9.59. The summed E-state index contributed by atoms with van der Waals surface area (Å²) >= 11 is 0. The molecule has 3 spiro atoms. The van der Waals surface area contributed by atoms with Crippen LogP contribution in [0.4, 0.5) is 0 Å². The molecule has 4 fully saturated rings. The van der Waals surface area contributed by atoms with Crippen molar-refractivity contribution < 1.29 is 18.9 Å². The molecule has 0 unspecified atom stereocenters. The maximum Gasteiger partial charge on any atom is 0.168 e. The van der Waals surface area contributed by atoms with Crippen LogP contribution in [0.2, 0.25) is 0 Å². The van der Waals surface area contributed by atoms with Crippen LogP contribution in [-0.4, -0.2) is 38.0 Å². The van der Waals surface area contributed by atoms with Gasteiger partial charge in [-0.2, -0.15) is 0 Å². The zero-order chi connectivity index (χ0) is 16.0. The Balaban J connectivity index is 1.35. The van der Waals surface area contributed by atoms with Gasteiger partial charge in [0.25, 0.3) is 0 Å². The molecule has 0 bridgehead atoms. The van der Waals surface area contributed by atoms with E-state index in [1.54, 1.807) is 0 Å². The molecule has 2 aliphatic heterocycles. The lowest BCUT2D eigenvalue weighted by atomic mass is 9.81. The molecule has 2 aliphatic carbocycles. The molecule has 4 aliphatic rings. The van der Waals surface area contributed by atoms with Gasteiger partial charge in [-0.05, 0) is 24.7 Å². The van der Waals surface area contributed by atoms with Gasteiger partial charge in [-0.25, -0.2) is 0 Å². The molecule has 0 aromatic carbocycles. The van der Waals surface area contributed by atoms with Crippen molar-refractivity contribution in [3.8, 4) is 0 Å². The van der Waals surface area contributed by atoms with E-state index < -0.39 is 0 Å². The highest BCUT2D eigenvalue weighted by Gasteiger charge is 2.52. The molecule has 2 saturated carbocycles. The van der Waals surface area contributed by atoms with Crippen LogP contribution >= 0.6 is 0 Å². The summed E-state index contributed by atoms with van der Waals surface area (Å²) in [5.41, 5.74) is -0.0993. The van der Waals surface area contributed by atoms with Crippen molar-refractivity contribution in [2.75, 3.05) is 26.4 Å². The third-order valence-electron chi connectivity index (χ3n) is 6.39. The average Bonchev–Trinajstić information content (AvgIpc) is 2.54. The minimum Gasteiger partial charge on any atom is -0.349 e. The first-order valence-electron chi connectivity index (χ1n) is 9.59. The van der Waals surface area contributed by atoms with Gasteiger partial charge in [0.2, 0.25) is 0 Å². The topological polar surface area (TPSA) is 36.9 Å². The number of rotatable bonds is 0. The maximum absolute atomic E-state index is 6.28. The molecule has 4 rings (SSSR count). The Morgan fingerprint density at radius 2 is 1.04 bits per heavy atom. The van der Waals surface area contributed by atoms with Crippen LogP contribution < -0.4 is 0 Å². The number of ether oxygens (including phenoxy) is 4. The second-order valence-corrected chi connectivity index (χ2v) is 8.88. The molecule has 4 nitrogen and oxygen atoms in total. The summed E-state index contributed by atoms with van der Waals surface area (Å²) in [6, 6.07) is 0. The molecule has 2 heterocycles. The average molecular weight is 324 g/mol. The van der Waals surface area contributed by atoms with E-state index in [0.29, 0.717) is 38.3 Å². The van der Waals surface area contributed by atoms with Crippen molar-refractivity contribution in [3.05, 3.63) is 0 Å². The Bertz CT molecular complexity index is 376. The summed E-state index contributed by atoms with van der Waals surface area (Å²) in [5, 5.41) is 0. The van der Waals surface area contributed by atoms with Gasteiger partial charge < -0.3 is 18.9 Å². The van der Waals surface area contributed by atoms with E-state index in [1.165, 1.54) is 25.7 Å². The van der Waals surface area contributed by atoms with E-state index in [4.69, 9.17) is 18.9 Å². The van der Waals surface area contributed by atoms with E-state index in [-0.39, 0.29) is 17.0 Å². The van der Waals surface area contributed by atoms with Gasteiger partial charge in [-0.1, -0.05) is 26.7 Å². The Hall–Kier alpha value is -0.160. The lowest BCUT2D eigenvalue weighted by Crippen LogP contribution is -2.60. The van der Waals surface area contributed by atoms with Gasteiger partial charge in [0.05, 0.1) is 31.8 Å². The van der Waals surface area contributed by atoms with Crippen LogP contribution in [0.1, 0.15) is 65.2 Å². The van der Waals surface area contributed by atoms with Crippen molar-refractivity contribution in [3.63, 3.8) is 0 Å². The molecule has 23 heavy (non-hydrogen) atoms. The Morgan fingerprint density at radius 3 is 1.39 bits per heavy atom. The molecule has 132 valence electrons. The molecule has 0 amide bonds. The second-order valence-electron chi connectivity index (χ2n) is 8.88. The highest BCUT2D eigenvalue weighted by molar-refractivity contribution is 4.93. The summed E-state index contributed by atoms with van der Waals surface area (Å²) in [4.78, 5) is 0. The molecule has 0 aromatic heterocycles. The van der Waals surface area contributed by atoms with E-state index >= 15 is 0 Å². The van der Waals surface area contributed by atoms with Crippen LogP contribution in [-0.2, 0) is 18.9 Å². The molecular weight excluding hydrogens is 292 g/mol. The third-order valence-corrected chi connectivity index (χ3v) is 6.39. The number of hydrogen-bond acceptors (Lipinski definition) is 4. The SMILES string of the molecule is C[C@@H]1CCCC2(C1)OCC1(CO2)COC2(CCC[C@@H](C)C2)OC1. The first-order chi connectivity index (χ1) is 11.0. The van der Waals surface area contributed by atoms with E-state index in [0.717, 1.165) is 25.7 Å². The summed E-state index contributed by atoms with van der Waals surface area (Å²) in [7, 11) is 0. The van der Waals surface area contributed by atoms with Crippen LogP contribution in [0.5, 0.6) is 0 Å². The minimum atomic E-state index is -0.322. The van der Waals surface area contributed by atoms with E-state index in [2.05, 4.69) is 13.8 Å². The van der Waals surface area contributed by atoms with Crippen molar-refractivity contribution in [1.29, 1.82) is 0 Å². The van der Waals surface area contributed by atoms with Crippen LogP contribution in [0.3, 0.4) is 0 Å². The van der Waals surface area contributed by atoms with Gasteiger partial charge in [-0.15, -0.1) is 0 Å². The van der Waals surface area contributed by atoms with Gasteiger partial charge in [0, 0.05) is 25.7 Å². The zero-order valence-electron chi connectivity index (χ0n) is 14.8. The largest absolute Gasteiger partial charge is 0.349 e. The van der Waals surface area contributed by atoms with Crippen LogP contribution in [0, 0.1) is 17.3 Å². The fraction of sp³-hybridized carbons (Fsp3) is 1.00. The van der Waals surface area contributed by atoms with Crippen LogP contribution in [0.25, 0.3) is 0 Å². The maximum atomic E-state index is 6.28. The number of hydrogen-bond donors (Lipinski definition) is 0. The Kier molecular flexibility index (Phi) is 4.24. The smallest absolute Gasteiger partial charge is 0.168 e. The predicted molar refractivity (Wildman–Crippen MR) is 87.0 cm³/mol. The highest BCUT2D eigenvalue weighted by atomic mass is 16.7. The van der Waals surface area contributed by atoms with Crippen molar-refractivity contribution in [2.45, 2.75) is 76.8 Å². The Morgan fingerprint density at radius 1 is 0.652 bits per heavy atom. The van der Waals surface area contributed by atoms with Gasteiger partial charge >= 0.3 is 0 Å². The standard InChI is InChI=1S/C19H32O4/c1-15-5-3-7-18(9-15)20-11-17(12-21-18)13-22-19(23-14-17)8-4-6-16(2)10-19/h15-16H,3-14H2,1-2H3/t15-,16-,17?,18?,19?/m1/s1. The fourth-order valence-electron chi connectivity index (χ4n) is 4.91.